The molecule has 29 heavy (non-hydrogen) atoms. The van der Waals surface area contributed by atoms with E-state index < -0.39 is 0 Å². The maximum Gasteiger partial charge on any atom is 0.200 e. The van der Waals surface area contributed by atoms with Gasteiger partial charge in [0.1, 0.15) is 5.75 Å². The van der Waals surface area contributed by atoms with Crippen molar-refractivity contribution in [2.75, 3.05) is 13.1 Å². The SMILES string of the molecule is Cc1ccc(C2=NN3[C@H](C2)c2cc(Cl)ccc2OC32CCN(C(C)C)CC2)cc1. The lowest BCUT2D eigenvalue weighted by molar-refractivity contribution is -0.152. The first-order valence-electron chi connectivity index (χ1n) is 10.6. The van der Waals surface area contributed by atoms with Gasteiger partial charge in [-0.1, -0.05) is 41.4 Å². The molecule has 2 aromatic rings. The maximum absolute atomic E-state index is 6.69. The highest BCUT2D eigenvalue weighted by Crippen LogP contribution is 2.50. The van der Waals surface area contributed by atoms with Gasteiger partial charge in [-0.2, -0.15) is 5.10 Å². The molecule has 0 aliphatic carbocycles. The average molecular weight is 410 g/mol. The standard InChI is InChI=1S/C24H28ClN3O/c1-16(2)27-12-10-24(11-13-27)28-22(20-14-19(25)8-9-23(20)29-24)15-21(26-28)18-6-4-17(3)5-7-18/h4-9,14,16,22H,10-13,15H2,1-3H3/t22-/m1/s1. The predicted octanol–water partition coefficient (Wildman–Crippen LogP) is 5.39. The molecular formula is C24H28ClN3O. The average Bonchev–Trinajstić information content (AvgIpc) is 3.16. The van der Waals surface area contributed by atoms with Crippen LogP contribution in [0.5, 0.6) is 5.75 Å². The molecule has 4 nitrogen and oxygen atoms in total. The third kappa shape index (κ3) is 3.23. The van der Waals surface area contributed by atoms with E-state index in [2.05, 4.69) is 61.0 Å². The van der Waals surface area contributed by atoms with Crippen LogP contribution in [0.2, 0.25) is 5.02 Å². The van der Waals surface area contributed by atoms with E-state index in [-0.39, 0.29) is 11.8 Å². The number of hydrogen-bond acceptors (Lipinski definition) is 4. The minimum Gasteiger partial charge on any atom is -0.466 e. The second kappa shape index (κ2) is 7.03. The van der Waals surface area contributed by atoms with E-state index in [1.165, 1.54) is 11.1 Å². The molecule has 0 unspecified atom stereocenters. The molecule has 3 aliphatic heterocycles. The van der Waals surface area contributed by atoms with Gasteiger partial charge in [-0.15, -0.1) is 0 Å². The first kappa shape index (κ1) is 19.0. The summed E-state index contributed by atoms with van der Waals surface area (Å²) in [6.45, 7) is 8.71. The second-order valence-corrected chi connectivity index (χ2v) is 9.27. The van der Waals surface area contributed by atoms with Crippen LogP contribution in [0.15, 0.2) is 47.6 Å². The Bertz CT molecular complexity index is 945. The third-order valence-electron chi connectivity index (χ3n) is 6.65. The van der Waals surface area contributed by atoms with Gasteiger partial charge in [0.15, 0.2) is 0 Å². The molecule has 0 bridgehead atoms. The number of hydrazone groups is 1. The molecule has 1 fully saturated rings. The number of nitrogens with zero attached hydrogens (tertiary/aromatic N) is 3. The fourth-order valence-corrected chi connectivity index (χ4v) is 5.07. The van der Waals surface area contributed by atoms with Crippen molar-refractivity contribution in [3.63, 3.8) is 0 Å². The fraction of sp³-hybridized carbons (Fsp3) is 0.458. The topological polar surface area (TPSA) is 28.1 Å². The van der Waals surface area contributed by atoms with Crippen LogP contribution in [0.25, 0.3) is 0 Å². The van der Waals surface area contributed by atoms with Gasteiger partial charge in [-0.25, -0.2) is 5.01 Å². The molecule has 3 aliphatic rings. The van der Waals surface area contributed by atoms with Crippen molar-refractivity contribution in [3.05, 3.63) is 64.2 Å². The minimum absolute atomic E-state index is 0.180. The highest BCUT2D eigenvalue weighted by molar-refractivity contribution is 6.30. The molecule has 1 atom stereocenters. The van der Waals surface area contributed by atoms with Crippen molar-refractivity contribution < 1.29 is 4.74 Å². The van der Waals surface area contributed by atoms with Crippen molar-refractivity contribution in [2.24, 2.45) is 5.10 Å². The van der Waals surface area contributed by atoms with Gasteiger partial charge in [-0.05, 0) is 44.5 Å². The summed E-state index contributed by atoms with van der Waals surface area (Å²) >= 11 is 6.35. The van der Waals surface area contributed by atoms with E-state index in [0.29, 0.717) is 6.04 Å². The Morgan fingerprint density at radius 3 is 2.52 bits per heavy atom. The van der Waals surface area contributed by atoms with Crippen LogP contribution in [0.1, 0.15) is 55.8 Å². The Morgan fingerprint density at radius 1 is 1.10 bits per heavy atom. The number of ether oxygens (including phenoxy) is 1. The zero-order valence-corrected chi connectivity index (χ0v) is 18.1. The van der Waals surface area contributed by atoms with Gasteiger partial charge in [0.2, 0.25) is 5.72 Å². The Kier molecular flexibility index (Phi) is 4.60. The molecule has 2 aromatic carbocycles. The third-order valence-corrected chi connectivity index (χ3v) is 6.89. The van der Waals surface area contributed by atoms with Gasteiger partial charge >= 0.3 is 0 Å². The van der Waals surface area contributed by atoms with Crippen LogP contribution in [0.3, 0.4) is 0 Å². The number of fused-ring (bicyclic) bond motifs is 4. The maximum atomic E-state index is 6.69. The van der Waals surface area contributed by atoms with Crippen molar-refractivity contribution >= 4 is 17.3 Å². The summed E-state index contributed by atoms with van der Waals surface area (Å²) in [5.74, 6) is 0.967. The fourth-order valence-electron chi connectivity index (χ4n) is 4.89. The summed E-state index contributed by atoms with van der Waals surface area (Å²) in [4.78, 5) is 2.53. The summed E-state index contributed by atoms with van der Waals surface area (Å²) in [5, 5.41) is 8.16. The quantitative estimate of drug-likeness (QED) is 0.665. The van der Waals surface area contributed by atoms with Crippen molar-refractivity contribution in [1.82, 2.24) is 9.91 Å². The number of hydrogen-bond donors (Lipinski definition) is 0. The highest BCUT2D eigenvalue weighted by Gasteiger charge is 2.52. The molecule has 1 saturated heterocycles. The van der Waals surface area contributed by atoms with Crippen LogP contribution in [0.4, 0.5) is 0 Å². The number of likely N-dealkylation sites (tertiary alicyclic amines) is 1. The van der Waals surface area contributed by atoms with E-state index in [1.807, 2.05) is 12.1 Å². The first-order valence-corrected chi connectivity index (χ1v) is 11.0. The summed E-state index contributed by atoms with van der Waals surface area (Å²) in [6.07, 6.45) is 2.79. The predicted molar refractivity (Wildman–Crippen MR) is 118 cm³/mol. The molecule has 0 aromatic heterocycles. The minimum atomic E-state index is -0.372. The van der Waals surface area contributed by atoms with Gasteiger partial charge < -0.3 is 9.64 Å². The molecule has 0 radical (unpaired) electrons. The van der Waals surface area contributed by atoms with Crippen LogP contribution in [0, 0.1) is 6.92 Å². The monoisotopic (exact) mass is 409 g/mol. The van der Waals surface area contributed by atoms with E-state index >= 15 is 0 Å². The molecule has 0 N–H and O–H groups in total. The lowest BCUT2D eigenvalue weighted by Crippen LogP contribution is -2.59. The normalized spacial score (nSPS) is 23.0. The van der Waals surface area contributed by atoms with Gasteiger partial charge in [-0.3, -0.25) is 0 Å². The zero-order valence-electron chi connectivity index (χ0n) is 17.4. The van der Waals surface area contributed by atoms with Crippen LogP contribution < -0.4 is 4.74 Å². The molecule has 0 saturated carbocycles. The number of aryl methyl sites for hydroxylation is 1. The lowest BCUT2D eigenvalue weighted by Gasteiger charge is -2.51. The van der Waals surface area contributed by atoms with E-state index in [9.17, 15) is 0 Å². The van der Waals surface area contributed by atoms with E-state index in [1.54, 1.807) is 0 Å². The summed E-state index contributed by atoms with van der Waals surface area (Å²) < 4.78 is 6.69. The smallest absolute Gasteiger partial charge is 0.200 e. The van der Waals surface area contributed by atoms with E-state index in [4.69, 9.17) is 21.4 Å². The van der Waals surface area contributed by atoms with Crippen molar-refractivity contribution in [1.29, 1.82) is 0 Å². The zero-order chi connectivity index (χ0) is 20.2. The van der Waals surface area contributed by atoms with Crippen LogP contribution in [-0.2, 0) is 0 Å². The Balaban J connectivity index is 1.54. The molecule has 5 heteroatoms. The molecule has 1 spiro atoms. The Hall–Kier alpha value is -2.04. The lowest BCUT2D eigenvalue weighted by atomic mass is 9.90. The molecule has 5 rings (SSSR count). The van der Waals surface area contributed by atoms with Crippen LogP contribution in [-0.4, -0.2) is 40.5 Å². The summed E-state index contributed by atoms with van der Waals surface area (Å²) in [6, 6.07) is 15.4. The second-order valence-electron chi connectivity index (χ2n) is 8.84. The van der Waals surface area contributed by atoms with Gasteiger partial charge in [0.25, 0.3) is 0 Å². The van der Waals surface area contributed by atoms with Crippen molar-refractivity contribution in [2.45, 2.75) is 57.8 Å². The first-order chi connectivity index (χ1) is 13.9. The van der Waals surface area contributed by atoms with Gasteiger partial charge in [0, 0.05) is 49.0 Å². The Morgan fingerprint density at radius 2 is 1.83 bits per heavy atom. The van der Waals surface area contributed by atoms with Crippen molar-refractivity contribution in [3.8, 4) is 5.75 Å². The van der Waals surface area contributed by atoms with Crippen LogP contribution >= 0.6 is 11.6 Å². The highest BCUT2D eigenvalue weighted by atomic mass is 35.5. The summed E-state index contributed by atoms with van der Waals surface area (Å²) in [7, 11) is 0. The molecular weight excluding hydrogens is 382 g/mol. The molecule has 152 valence electrons. The summed E-state index contributed by atoms with van der Waals surface area (Å²) in [5.41, 5.74) is 4.38. The number of halogens is 1. The molecule has 0 amide bonds. The van der Waals surface area contributed by atoms with E-state index in [0.717, 1.165) is 54.4 Å². The number of benzene rings is 2. The van der Waals surface area contributed by atoms with Gasteiger partial charge in [0.05, 0.1) is 11.8 Å². The number of rotatable bonds is 2. The largest absolute Gasteiger partial charge is 0.466 e. The number of piperidine rings is 1. The Labute approximate surface area is 178 Å². The molecule has 3 heterocycles.